The largest absolute Gasteiger partial charge is 0.494 e. The first-order valence-electron chi connectivity index (χ1n) is 19.3. The molecule has 0 bridgehead atoms. The summed E-state index contributed by atoms with van der Waals surface area (Å²) in [7, 11) is 0. The van der Waals surface area contributed by atoms with Crippen LogP contribution in [0.4, 0.5) is 0 Å². The van der Waals surface area contributed by atoms with Gasteiger partial charge in [0.2, 0.25) is 11.8 Å². The van der Waals surface area contributed by atoms with Crippen molar-refractivity contribution in [2.24, 2.45) is 0 Å². The molecule has 0 spiro atoms. The molecule has 1 heterocycles. The van der Waals surface area contributed by atoms with Gasteiger partial charge in [-0.3, -0.25) is 14.4 Å². The Morgan fingerprint density at radius 3 is 2.02 bits per heavy atom. The molecule has 1 fully saturated rings. The smallest absolute Gasteiger partial charge is 0.326 e. The van der Waals surface area contributed by atoms with Gasteiger partial charge in [-0.25, -0.2) is 14.8 Å². The molecule has 0 radical (unpaired) electrons. The standard InChI is InChI=1S/C44H53N5O6/c1-5-6-7-8-9-24-55-36-22-16-30(17-23-36)33-27-45-40(46-28-33)31-12-10-29(11-13-31)25-37(48-41(51)32-14-18-34(19-15-32)44(2,3)4)42(52)49-38(43(53)54)26-39(50)47-35-20-21-35/h10-19,22-23,27-28,35,37-38H,5-9,20-21,24-26H2,1-4H3,(H,47,50)(H,48,51)(H,49,52)(H,53,54). The molecule has 1 saturated carbocycles. The fourth-order valence-electron chi connectivity index (χ4n) is 6.04. The summed E-state index contributed by atoms with van der Waals surface area (Å²) in [5.41, 5.74) is 4.62. The van der Waals surface area contributed by atoms with Crippen molar-refractivity contribution < 1.29 is 29.0 Å². The highest BCUT2D eigenvalue weighted by molar-refractivity contribution is 5.98. The van der Waals surface area contributed by atoms with E-state index in [0.29, 0.717) is 23.6 Å². The number of aliphatic carboxylic acids is 1. The molecule has 4 N–H and O–H groups in total. The van der Waals surface area contributed by atoms with Crippen LogP contribution in [0.3, 0.4) is 0 Å². The number of rotatable bonds is 19. The monoisotopic (exact) mass is 747 g/mol. The van der Waals surface area contributed by atoms with E-state index in [0.717, 1.165) is 47.3 Å². The Morgan fingerprint density at radius 1 is 0.782 bits per heavy atom. The lowest BCUT2D eigenvalue weighted by atomic mass is 9.86. The number of carbonyl (C=O) groups is 4. The number of hydrogen-bond donors (Lipinski definition) is 4. The fourth-order valence-corrected chi connectivity index (χ4v) is 6.04. The average Bonchev–Trinajstić information content (AvgIpc) is 4.00. The summed E-state index contributed by atoms with van der Waals surface area (Å²) in [6.07, 6.45) is 10.8. The zero-order valence-corrected chi connectivity index (χ0v) is 32.3. The number of carbonyl (C=O) groups excluding carboxylic acids is 3. The molecule has 1 aliphatic carbocycles. The Morgan fingerprint density at radius 2 is 1.42 bits per heavy atom. The van der Waals surface area contributed by atoms with Crippen LogP contribution in [0.1, 0.15) is 101 Å². The van der Waals surface area contributed by atoms with Crippen molar-refractivity contribution in [2.45, 2.75) is 109 Å². The lowest BCUT2D eigenvalue weighted by Gasteiger charge is -2.22. The van der Waals surface area contributed by atoms with E-state index in [1.807, 2.05) is 60.7 Å². The van der Waals surface area contributed by atoms with Crippen molar-refractivity contribution in [3.05, 3.63) is 102 Å². The predicted molar refractivity (Wildman–Crippen MR) is 213 cm³/mol. The molecule has 4 aromatic rings. The molecular weight excluding hydrogens is 695 g/mol. The Bertz CT molecular complexity index is 1880. The molecule has 2 atom stereocenters. The van der Waals surface area contributed by atoms with Crippen LogP contribution in [-0.4, -0.2) is 63.5 Å². The minimum Gasteiger partial charge on any atom is -0.494 e. The molecule has 55 heavy (non-hydrogen) atoms. The minimum absolute atomic E-state index is 0.0490. The third-order valence-corrected chi connectivity index (χ3v) is 9.59. The van der Waals surface area contributed by atoms with E-state index in [4.69, 9.17) is 4.74 Å². The number of amides is 3. The maximum atomic E-state index is 13.6. The highest BCUT2D eigenvalue weighted by atomic mass is 16.5. The van der Waals surface area contributed by atoms with Gasteiger partial charge in [-0.15, -0.1) is 0 Å². The summed E-state index contributed by atoms with van der Waals surface area (Å²) in [4.78, 5) is 60.7. The molecule has 3 amide bonds. The quantitative estimate of drug-likeness (QED) is 0.0744. The molecule has 1 aliphatic rings. The second-order valence-electron chi connectivity index (χ2n) is 15.3. The SMILES string of the molecule is CCCCCCCOc1ccc(-c2cnc(-c3ccc(CC(NC(=O)c4ccc(C(C)(C)C)cc4)C(=O)NC(CC(=O)NC4CC4)C(=O)O)cc3)nc2)cc1. The lowest BCUT2D eigenvalue weighted by Crippen LogP contribution is -2.53. The summed E-state index contributed by atoms with van der Waals surface area (Å²) in [6, 6.07) is 19.8. The molecule has 11 heteroatoms. The second-order valence-corrected chi connectivity index (χ2v) is 15.3. The van der Waals surface area contributed by atoms with Gasteiger partial charge in [0, 0.05) is 41.5 Å². The van der Waals surface area contributed by atoms with Gasteiger partial charge in [-0.1, -0.05) is 102 Å². The molecule has 5 rings (SSSR count). The van der Waals surface area contributed by atoms with Gasteiger partial charge in [-0.05, 0) is 65.6 Å². The van der Waals surface area contributed by atoms with E-state index in [1.54, 1.807) is 24.5 Å². The zero-order valence-electron chi connectivity index (χ0n) is 32.3. The van der Waals surface area contributed by atoms with Gasteiger partial charge in [0.25, 0.3) is 5.91 Å². The van der Waals surface area contributed by atoms with E-state index in [2.05, 4.69) is 53.6 Å². The van der Waals surface area contributed by atoms with Crippen LogP contribution in [-0.2, 0) is 26.2 Å². The van der Waals surface area contributed by atoms with Gasteiger partial charge in [0.1, 0.15) is 17.8 Å². The lowest BCUT2D eigenvalue weighted by molar-refractivity contribution is -0.143. The van der Waals surface area contributed by atoms with Gasteiger partial charge < -0.3 is 25.8 Å². The molecular formula is C44H53N5O6. The van der Waals surface area contributed by atoms with Gasteiger partial charge in [0.05, 0.1) is 13.0 Å². The Labute approximate surface area is 323 Å². The van der Waals surface area contributed by atoms with Crippen molar-refractivity contribution in [1.82, 2.24) is 25.9 Å². The number of ether oxygens (including phenoxy) is 1. The summed E-state index contributed by atoms with van der Waals surface area (Å²) in [5, 5.41) is 17.9. The highest BCUT2D eigenvalue weighted by Crippen LogP contribution is 2.25. The molecule has 2 unspecified atom stereocenters. The number of hydrogen-bond acceptors (Lipinski definition) is 7. The first-order chi connectivity index (χ1) is 26.4. The normalized spacial score (nSPS) is 13.7. The topological polar surface area (TPSA) is 160 Å². The van der Waals surface area contributed by atoms with E-state index in [1.165, 1.54) is 25.7 Å². The van der Waals surface area contributed by atoms with Gasteiger partial charge >= 0.3 is 5.97 Å². The van der Waals surface area contributed by atoms with Crippen molar-refractivity contribution in [2.75, 3.05) is 6.61 Å². The molecule has 290 valence electrons. The van der Waals surface area contributed by atoms with E-state index >= 15 is 0 Å². The Hall–Kier alpha value is -5.58. The van der Waals surface area contributed by atoms with Crippen LogP contribution in [0.15, 0.2) is 85.2 Å². The van der Waals surface area contributed by atoms with Crippen LogP contribution in [0, 0.1) is 0 Å². The summed E-state index contributed by atoms with van der Waals surface area (Å²) in [6.45, 7) is 9.14. The van der Waals surface area contributed by atoms with Gasteiger partial charge in [-0.2, -0.15) is 0 Å². The minimum atomic E-state index is -1.46. The Kier molecular flexibility index (Phi) is 14.1. The van der Waals surface area contributed by atoms with Crippen molar-refractivity contribution in [3.8, 4) is 28.3 Å². The fraction of sp³-hybridized carbons (Fsp3) is 0.409. The summed E-state index contributed by atoms with van der Waals surface area (Å²) >= 11 is 0. The first-order valence-corrected chi connectivity index (χ1v) is 19.3. The van der Waals surface area contributed by atoms with Crippen LogP contribution < -0.4 is 20.7 Å². The highest BCUT2D eigenvalue weighted by Gasteiger charge is 2.31. The van der Waals surface area contributed by atoms with Crippen LogP contribution in [0.5, 0.6) is 5.75 Å². The number of unbranched alkanes of at least 4 members (excludes halogenated alkanes) is 4. The third-order valence-electron chi connectivity index (χ3n) is 9.59. The van der Waals surface area contributed by atoms with E-state index < -0.39 is 42.2 Å². The zero-order chi connectivity index (χ0) is 39.4. The molecule has 11 nitrogen and oxygen atoms in total. The first kappa shape index (κ1) is 40.6. The van der Waals surface area contributed by atoms with E-state index in [9.17, 15) is 24.3 Å². The third kappa shape index (κ3) is 12.5. The number of nitrogens with zero attached hydrogens (tertiary/aromatic N) is 2. The number of carboxylic acids is 1. The summed E-state index contributed by atoms with van der Waals surface area (Å²) < 4.78 is 5.89. The van der Waals surface area contributed by atoms with Crippen LogP contribution in [0.2, 0.25) is 0 Å². The molecule has 1 aromatic heterocycles. The Balaban J connectivity index is 1.25. The summed E-state index contributed by atoms with van der Waals surface area (Å²) in [5.74, 6) is -1.63. The maximum Gasteiger partial charge on any atom is 0.326 e. The second kappa shape index (κ2) is 19.1. The molecule has 0 aliphatic heterocycles. The number of benzene rings is 3. The number of aromatic nitrogens is 2. The van der Waals surface area contributed by atoms with Crippen molar-refractivity contribution in [1.29, 1.82) is 0 Å². The molecule has 3 aromatic carbocycles. The van der Waals surface area contributed by atoms with Gasteiger partial charge in [0.15, 0.2) is 5.82 Å². The number of carboxylic acid groups (broad SMARTS) is 1. The number of nitrogens with one attached hydrogen (secondary N) is 3. The average molecular weight is 748 g/mol. The van der Waals surface area contributed by atoms with Crippen molar-refractivity contribution >= 4 is 23.7 Å². The van der Waals surface area contributed by atoms with Crippen LogP contribution in [0.25, 0.3) is 22.5 Å². The van der Waals surface area contributed by atoms with E-state index in [-0.39, 0.29) is 17.9 Å². The van der Waals surface area contributed by atoms with Crippen LogP contribution >= 0.6 is 0 Å². The van der Waals surface area contributed by atoms with Crippen molar-refractivity contribution in [3.63, 3.8) is 0 Å². The molecule has 0 saturated heterocycles. The maximum absolute atomic E-state index is 13.6. The predicted octanol–water partition coefficient (Wildman–Crippen LogP) is 7.04.